The van der Waals surface area contributed by atoms with E-state index in [1.807, 2.05) is 6.92 Å². The second-order valence-corrected chi connectivity index (χ2v) is 7.62. The van der Waals surface area contributed by atoms with Crippen molar-refractivity contribution in [2.24, 2.45) is 0 Å². The van der Waals surface area contributed by atoms with Crippen LogP contribution in [0.4, 0.5) is 13.2 Å². The quantitative estimate of drug-likeness (QED) is 0.617. The zero-order valence-electron chi connectivity index (χ0n) is 18.2. The van der Waals surface area contributed by atoms with Crippen molar-refractivity contribution in [1.29, 1.82) is 0 Å². The highest BCUT2D eigenvalue weighted by molar-refractivity contribution is 5.99. The van der Waals surface area contributed by atoms with Crippen LogP contribution >= 0.6 is 0 Å². The molecule has 3 rings (SSSR count). The van der Waals surface area contributed by atoms with Gasteiger partial charge >= 0.3 is 0 Å². The van der Waals surface area contributed by atoms with Crippen LogP contribution in [0.25, 0.3) is 0 Å². The first-order valence-electron chi connectivity index (χ1n) is 10.4. The Morgan fingerprint density at radius 2 is 1.88 bits per heavy atom. The average molecular weight is 467 g/mol. The van der Waals surface area contributed by atoms with Crippen molar-refractivity contribution < 1.29 is 32.6 Å². The summed E-state index contributed by atoms with van der Waals surface area (Å²) < 4.78 is 47.3. The Kier molecular flexibility index (Phi) is 7.42. The summed E-state index contributed by atoms with van der Waals surface area (Å²) in [4.78, 5) is 39.9. The molecule has 2 heterocycles. The smallest absolute Gasteiger partial charge is 0.274 e. The topological polar surface area (TPSA) is 101 Å². The number of nitrogens with one attached hydrogen (secondary N) is 1. The van der Waals surface area contributed by atoms with Crippen molar-refractivity contribution >= 4 is 11.8 Å². The van der Waals surface area contributed by atoms with Gasteiger partial charge < -0.3 is 24.6 Å². The number of halogens is 3. The molecule has 0 spiro atoms. The molecule has 11 heteroatoms. The zero-order valence-corrected chi connectivity index (χ0v) is 18.2. The zero-order chi connectivity index (χ0) is 24.3. The number of carbonyl (C=O) groups is 2. The maximum atomic E-state index is 13.8. The van der Waals surface area contributed by atoms with E-state index in [1.54, 1.807) is 0 Å². The highest BCUT2D eigenvalue weighted by atomic mass is 19.1. The summed E-state index contributed by atoms with van der Waals surface area (Å²) in [5.41, 5.74) is -1.81. The number of aliphatic hydroxyl groups excluding tert-OH is 1. The molecule has 0 saturated carbocycles. The minimum absolute atomic E-state index is 0.0214. The first-order valence-corrected chi connectivity index (χ1v) is 10.4. The van der Waals surface area contributed by atoms with E-state index in [9.17, 15) is 32.7 Å². The van der Waals surface area contributed by atoms with Gasteiger partial charge in [-0.05, 0) is 12.8 Å². The van der Waals surface area contributed by atoms with E-state index in [0.29, 0.717) is 38.1 Å². The number of amides is 2. The van der Waals surface area contributed by atoms with E-state index < -0.39 is 52.9 Å². The Labute approximate surface area is 187 Å². The number of carbonyl (C=O) groups excluding carboxylic acids is 2. The molecule has 0 saturated heterocycles. The van der Waals surface area contributed by atoms with Crippen molar-refractivity contribution in [3.05, 3.63) is 62.8 Å². The summed E-state index contributed by atoms with van der Waals surface area (Å²) in [6, 6.07) is 0.969. The number of methoxy groups -OCH3 is 1. The third-order valence-electron chi connectivity index (χ3n) is 5.52. The second-order valence-electron chi connectivity index (χ2n) is 7.62. The number of rotatable bonds is 8. The monoisotopic (exact) mass is 467 g/mol. The molecular weight excluding hydrogens is 443 g/mol. The van der Waals surface area contributed by atoms with Crippen LogP contribution < -0.4 is 15.5 Å². The normalized spacial score (nSPS) is 14.1. The summed E-state index contributed by atoms with van der Waals surface area (Å²) in [5, 5.41) is 12.0. The minimum atomic E-state index is -1.17. The van der Waals surface area contributed by atoms with Crippen LogP contribution in [0.5, 0.6) is 5.75 Å². The summed E-state index contributed by atoms with van der Waals surface area (Å²) in [6.45, 7) is 2.06. The van der Waals surface area contributed by atoms with Gasteiger partial charge in [0.2, 0.25) is 5.43 Å². The lowest BCUT2D eigenvalue weighted by Crippen LogP contribution is -2.44. The van der Waals surface area contributed by atoms with Crippen molar-refractivity contribution in [1.82, 2.24) is 14.8 Å². The van der Waals surface area contributed by atoms with Crippen LogP contribution in [0.15, 0.2) is 23.1 Å². The number of aliphatic hydroxyl groups is 1. The SMILES string of the molecule is CCC(O)CCN1CCn2cc(C(=O)NCc3c(F)cc(F)cc3F)c(=O)c(OC)c2C1=O. The van der Waals surface area contributed by atoms with Gasteiger partial charge in [-0.1, -0.05) is 6.92 Å². The molecule has 0 bridgehead atoms. The maximum Gasteiger partial charge on any atom is 0.274 e. The van der Waals surface area contributed by atoms with E-state index in [1.165, 1.54) is 22.8 Å². The van der Waals surface area contributed by atoms with Gasteiger partial charge in [0.25, 0.3) is 11.8 Å². The average Bonchev–Trinajstić information content (AvgIpc) is 2.77. The van der Waals surface area contributed by atoms with Gasteiger partial charge in [0.15, 0.2) is 11.4 Å². The molecule has 178 valence electrons. The molecule has 0 fully saturated rings. The van der Waals surface area contributed by atoms with Gasteiger partial charge in [-0.25, -0.2) is 13.2 Å². The first kappa shape index (κ1) is 24.3. The Morgan fingerprint density at radius 1 is 1.21 bits per heavy atom. The Balaban J connectivity index is 1.85. The predicted octanol–water partition coefficient (Wildman–Crippen LogP) is 1.82. The van der Waals surface area contributed by atoms with E-state index in [-0.39, 0.29) is 23.6 Å². The van der Waals surface area contributed by atoms with Crippen molar-refractivity contribution in [2.75, 3.05) is 20.2 Å². The van der Waals surface area contributed by atoms with Gasteiger partial charge in [0.05, 0.1) is 13.2 Å². The molecule has 1 unspecified atom stereocenters. The fraction of sp³-hybridized carbons (Fsp3) is 0.409. The molecule has 0 radical (unpaired) electrons. The fourth-order valence-electron chi connectivity index (χ4n) is 3.59. The third-order valence-corrected chi connectivity index (χ3v) is 5.52. The fourth-order valence-corrected chi connectivity index (χ4v) is 3.59. The third kappa shape index (κ3) is 5.03. The summed E-state index contributed by atoms with van der Waals surface area (Å²) in [7, 11) is 1.19. The predicted molar refractivity (Wildman–Crippen MR) is 112 cm³/mol. The number of hydrogen-bond acceptors (Lipinski definition) is 5. The van der Waals surface area contributed by atoms with Crippen molar-refractivity contribution in [3.8, 4) is 5.75 Å². The number of nitrogens with zero attached hydrogens (tertiary/aromatic N) is 2. The first-order chi connectivity index (χ1) is 15.7. The van der Waals surface area contributed by atoms with Gasteiger partial charge in [-0.15, -0.1) is 0 Å². The summed E-state index contributed by atoms with van der Waals surface area (Å²) in [5.74, 6) is -5.18. The van der Waals surface area contributed by atoms with Crippen molar-refractivity contribution in [2.45, 2.75) is 39.0 Å². The lowest BCUT2D eigenvalue weighted by Gasteiger charge is -2.31. The molecule has 1 aromatic heterocycles. The standard InChI is InChI=1S/C22H24F3N3O5/c1-3-13(29)4-5-27-6-7-28-11-15(19(30)20(33-2)18(28)22(27)32)21(31)26-10-14-16(24)8-12(23)9-17(14)25/h8-9,11,13,29H,3-7,10H2,1-2H3,(H,26,31). The van der Waals surface area contributed by atoms with Crippen molar-refractivity contribution in [3.63, 3.8) is 0 Å². The molecule has 0 aliphatic carbocycles. The second kappa shape index (κ2) is 10.1. The van der Waals surface area contributed by atoms with E-state index >= 15 is 0 Å². The molecule has 8 nitrogen and oxygen atoms in total. The van der Waals surface area contributed by atoms with E-state index in [0.717, 1.165) is 0 Å². The molecular formula is C22H24F3N3O5. The van der Waals surface area contributed by atoms with Gasteiger partial charge in [-0.2, -0.15) is 0 Å². The van der Waals surface area contributed by atoms with E-state index in [4.69, 9.17) is 4.74 Å². The number of ether oxygens (including phenoxy) is 1. The van der Waals surface area contributed by atoms with Gasteiger partial charge in [-0.3, -0.25) is 14.4 Å². The number of fused-ring (bicyclic) bond motifs is 1. The number of benzene rings is 1. The van der Waals surface area contributed by atoms with Crippen LogP contribution in [0.2, 0.25) is 0 Å². The Morgan fingerprint density at radius 3 is 2.48 bits per heavy atom. The molecule has 33 heavy (non-hydrogen) atoms. The molecule has 2 amide bonds. The molecule has 1 atom stereocenters. The molecule has 1 aliphatic heterocycles. The van der Waals surface area contributed by atoms with Gasteiger partial charge in [0.1, 0.15) is 23.0 Å². The highest BCUT2D eigenvalue weighted by Crippen LogP contribution is 2.22. The maximum absolute atomic E-state index is 13.8. The molecule has 2 aromatic rings. The highest BCUT2D eigenvalue weighted by Gasteiger charge is 2.31. The van der Waals surface area contributed by atoms with Crippen LogP contribution in [-0.4, -0.2) is 52.7 Å². The number of pyridine rings is 1. The van der Waals surface area contributed by atoms with Crippen LogP contribution in [0.3, 0.4) is 0 Å². The number of aromatic nitrogens is 1. The number of hydrogen-bond donors (Lipinski definition) is 2. The largest absolute Gasteiger partial charge is 0.491 e. The van der Waals surface area contributed by atoms with Crippen LogP contribution in [-0.2, 0) is 13.1 Å². The van der Waals surface area contributed by atoms with Crippen LogP contribution in [0, 0.1) is 17.5 Å². The van der Waals surface area contributed by atoms with E-state index in [2.05, 4.69) is 5.32 Å². The Hall–Kier alpha value is -3.34. The summed E-state index contributed by atoms with van der Waals surface area (Å²) in [6.07, 6.45) is 1.58. The van der Waals surface area contributed by atoms with Crippen LogP contribution in [0.1, 0.15) is 46.2 Å². The minimum Gasteiger partial charge on any atom is -0.491 e. The lowest BCUT2D eigenvalue weighted by atomic mass is 10.1. The molecule has 1 aliphatic rings. The molecule has 1 aromatic carbocycles. The van der Waals surface area contributed by atoms with Gasteiger partial charge in [0, 0.05) is 50.1 Å². The molecule has 2 N–H and O–H groups in total. The lowest BCUT2D eigenvalue weighted by molar-refractivity contribution is 0.0652. The Bertz CT molecular complexity index is 1110. The summed E-state index contributed by atoms with van der Waals surface area (Å²) >= 11 is 0.